The molecule has 2 atom stereocenters. The Morgan fingerprint density at radius 3 is 2.22 bits per heavy atom. The molecule has 32 heavy (non-hydrogen) atoms. The van der Waals surface area contributed by atoms with Gasteiger partial charge in [0.05, 0.1) is 0 Å². The summed E-state index contributed by atoms with van der Waals surface area (Å²) in [5.74, 6) is -0.586. The number of hydrogen-bond acceptors (Lipinski definition) is 4. The van der Waals surface area contributed by atoms with Gasteiger partial charge in [0, 0.05) is 12.1 Å². The molecule has 0 heterocycles. The van der Waals surface area contributed by atoms with Gasteiger partial charge in [-0.1, -0.05) is 43.2 Å². The minimum Gasteiger partial charge on any atom is -0.444 e. The lowest BCUT2D eigenvalue weighted by Crippen LogP contribution is -2.54. The molecule has 0 spiro atoms. The van der Waals surface area contributed by atoms with Crippen molar-refractivity contribution in [1.29, 1.82) is 0 Å². The molecular weight excluding hydrogens is 406 g/mol. The number of hydrogen-bond donors (Lipinski definition) is 2. The number of benzene rings is 1. The summed E-state index contributed by atoms with van der Waals surface area (Å²) in [6, 6.07) is 5.95. The Balaban J connectivity index is 3.31. The maximum atomic E-state index is 13.5. The van der Waals surface area contributed by atoms with Gasteiger partial charge in [-0.2, -0.15) is 0 Å². The zero-order valence-corrected chi connectivity index (χ0v) is 21.2. The van der Waals surface area contributed by atoms with E-state index in [1.54, 1.807) is 32.6 Å². The van der Waals surface area contributed by atoms with E-state index in [4.69, 9.17) is 4.74 Å². The quantitative estimate of drug-likeness (QED) is 0.614. The summed E-state index contributed by atoms with van der Waals surface area (Å²) in [6.45, 7) is 17.0. The van der Waals surface area contributed by atoms with Crippen LogP contribution in [-0.2, 0) is 14.3 Å². The van der Waals surface area contributed by atoms with Crippen molar-refractivity contribution in [2.75, 3.05) is 6.54 Å². The van der Waals surface area contributed by atoms with Crippen LogP contribution in [0, 0.1) is 6.92 Å². The van der Waals surface area contributed by atoms with Crippen LogP contribution in [0.25, 0.3) is 0 Å². The minimum absolute atomic E-state index is 0.253. The van der Waals surface area contributed by atoms with Crippen LogP contribution in [-0.4, -0.2) is 46.5 Å². The second kappa shape index (κ2) is 11.3. The van der Waals surface area contributed by atoms with Crippen molar-refractivity contribution >= 4 is 17.9 Å². The normalized spacial score (nSPS) is 13.7. The Hall–Kier alpha value is -2.57. The molecule has 0 fully saturated rings. The zero-order valence-electron chi connectivity index (χ0n) is 21.2. The summed E-state index contributed by atoms with van der Waals surface area (Å²) < 4.78 is 5.29. The largest absolute Gasteiger partial charge is 0.444 e. The molecule has 1 rings (SSSR count). The van der Waals surface area contributed by atoms with Gasteiger partial charge in [-0.05, 0) is 67.4 Å². The highest BCUT2D eigenvalue weighted by molar-refractivity contribution is 5.92. The van der Waals surface area contributed by atoms with Crippen molar-refractivity contribution in [2.45, 2.75) is 98.4 Å². The fourth-order valence-corrected chi connectivity index (χ4v) is 3.24. The van der Waals surface area contributed by atoms with E-state index in [0.29, 0.717) is 6.54 Å². The molecule has 0 aliphatic heterocycles. The van der Waals surface area contributed by atoms with Crippen LogP contribution in [0.5, 0.6) is 0 Å². The molecule has 0 bridgehead atoms. The molecule has 2 N–H and O–H groups in total. The summed E-state index contributed by atoms with van der Waals surface area (Å²) in [5, 5.41) is 5.63. The first kappa shape index (κ1) is 27.5. The minimum atomic E-state index is -0.851. The van der Waals surface area contributed by atoms with Crippen molar-refractivity contribution in [3.63, 3.8) is 0 Å². The van der Waals surface area contributed by atoms with Crippen molar-refractivity contribution in [3.8, 4) is 0 Å². The number of amides is 3. The number of ether oxygens (including phenoxy) is 1. The van der Waals surface area contributed by atoms with Crippen LogP contribution in [0.2, 0.25) is 0 Å². The number of carbonyl (C=O) groups is 3. The van der Waals surface area contributed by atoms with Gasteiger partial charge in [-0.15, -0.1) is 0 Å². The fourth-order valence-electron chi connectivity index (χ4n) is 3.24. The Bertz CT molecular complexity index is 793. The van der Waals surface area contributed by atoms with E-state index in [2.05, 4.69) is 10.6 Å². The summed E-state index contributed by atoms with van der Waals surface area (Å²) in [6.07, 6.45) is 0.926. The Kier molecular flexibility index (Phi) is 9.73. The van der Waals surface area contributed by atoms with Crippen molar-refractivity contribution in [2.24, 2.45) is 0 Å². The first-order chi connectivity index (χ1) is 14.6. The summed E-state index contributed by atoms with van der Waals surface area (Å²) >= 11 is 0. The number of alkyl carbamates (subject to hydrolysis) is 1. The van der Waals surface area contributed by atoms with Gasteiger partial charge in [0.25, 0.3) is 0 Å². The van der Waals surface area contributed by atoms with Gasteiger partial charge in [0.15, 0.2) is 0 Å². The Morgan fingerprint density at radius 1 is 1.09 bits per heavy atom. The van der Waals surface area contributed by atoms with Crippen LogP contribution >= 0.6 is 0 Å². The molecule has 0 saturated heterocycles. The summed E-state index contributed by atoms with van der Waals surface area (Å²) in [4.78, 5) is 40.7. The van der Waals surface area contributed by atoms with Crippen LogP contribution in [0.4, 0.5) is 4.79 Å². The number of rotatable bonds is 8. The number of aryl methyl sites for hydroxylation is 1. The lowest BCUT2D eigenvalue weighted by Gasteiger charge is -2.35. The van der Waals surface area contributed by atoms with Crippen molar-refractivity contribution in [1.82, 2.24) is 15.5 Å². The van der Waals surface area contributed by atoms with E-state index < -0.39 is 29.3 Å². The maximum Gasteiger partial charge on any atom is 0.408 e. The van der Waals surface area contributed by atoms with E-state index in [1.165, 1.54) is 0 Å². The van der Waals surface area contributed by atoms with E-state index in [1.807, 2.05) is 58.9 Å². The predicted molar refractivity (Wildman–Crippen MR) is 127 cm³/mol. The molecule has 0 aromatic heterocycles. The predicted octanol–water partition coefficient (Wildman–Crippen LogP) is 4.49. The van der Waals surface area contributed by atoms with Gasteiger partial charge >= 0.3 is 6.09 Å². The lowest BCUT2D eigenvalue weighted by molar-refractivity contribution is -0.142. The van der Waals surface area contributed by atoms with E-state index in [0.717, 1.165) is 24.0 Å². The molecule has 7 nitrogen and oxygen atoms in total. The molecule has 3 amide bonds. The third-order valence-electron chi connectivity index (χ3n) is 4.56. The van der Waals surface area contributed by atoms with Crippen molar-refractivity contribution < 1.29 is 19.1 Å². The number of carbonyl (C=O) groups excluding carboxylic acids is 3. The molecule has 2 unspecified atom stereocenters. The molecule has 7 heteroatoms. The zero-order chi connectivity index (χ0) is 24.7. The van der Waals surface area contributed by atoms with Crippen LogP contribution in [0.1, 0.15) is 85.4 Å². The van der Waals surface area contributed by atoms with Crippen LogP contribution in [0.3, 0.4) is 0 Å². The molecule has 1 aromatic rings. The summed E-state index contributed by atoms with van der Waals surface area (Å²) in [5.41, 5.74) is 0.601. The van der Waals surface area contributed by atoms with Crippen LogP contribution < -0.4 is 10.6 Å². The number of nitrogens with zero attached hydrogens (tertiary/aromatic N) is 1. The molecule has 0 aliphatic carbocycles. The average Bonchev–Trinajstić information content (AvgIpc) is 2.61. The molecule has 1 aromatic carbocycles. The molecule has 0 aliphatic rings. The topological polar surface area (TPSA) is 87.7 Å². The number of nitrogens with one attached hydrogen (secondary N) is 2. The standard InChI is InChI=1S/C25H41N3O4/c1-10-11-15-28(22(30)18(3)26-23(31)32-25(7,8)9)20(21(29)27-24(4,5)6)19-14-12-13-17(2)16-19/h12-14,16,18,20H,10-11,15H2,1-9H3,(H,26,31)(H,27,29). The average molecular weight is 448 g/mol. The molecule has 0 radical (unpaired) electrons. The first-order valence-electron chi connectivity index (χ1n) is 11.3. The van der Waals surface area contributed by atoms with E-state index >= 15 is 0 Å². The Labute approximate surface area is 193 Å². The SMILES string of the molecule is CCCCN(C(=O)C(C)NC(=O)OC(C)(C)C)C(C(=O)NC(C)(C)C)c1cccc(C)c1. The smallest absolute Gasteiger partial charge is 0.408 e. The van der Waals surface area contributed by atoms with Gasteiger partial charge in [-0.3, -0.25) is 9.59 Å². The molecule has 0 saturated carbocycles. The summed E-state index contributed by atoms with van der Waals surface area (Å²) in [7, 11) is 0. The highest BCUT2D eigenvalue weighted by Gasteiger charge is 2.35. The number of unbranched alkanes of at least 4 members (excludes halogenated alkanes) is 1. The van der Waals surface area contributed by atoms with Crippen LogP contribution in [0.15, 0.2) is 24.3 Å². The maximum absolute atomic E-state index is 13.5. The molecule has 180 valence electrons. The first-order valence-corrected chi connectivity index (χ1v) is 11.3. The molecular formula is C25H41N3O4. The van der Waals surface area contributed by atoms with Gasteiger partial charge < -0.3 is 20.3 Å². The lowest BCUT2D eigenvalue weighted by atomic mass is 9.99. The van der Waals surface area contributed by atoms with Crippen molar-refractivity contribution in [3.05, 3.63) is 35.4 Å². The van der Waals surface area contributed by atoms with Gasteiger partial charge in [0.1, 0.15) is 17.7 Å². The monoisotopic (exact) mass is 447 g/mol. The fraction of sp³-hybridized carbons (Fsp3) is 0.640. The second-order valence-corrected chi connectivity index (χ2v) is 10.3. The van der Waals surface area contributed by atoms with E-state index in [-0.39, 0.29) is 11.8 Å². The van der Waals surface area contributed by atoms with Gasteiger partial charge in [0.2, 0.25) is 11.8 Å². The second-order valence-electron chi connectivity index (χ2n) is 10.3. The van der Waals surface area contributed by atoms with E-state index in [9.17, 15) is 14.4 Å². The highest BCUT2D eigenvalue weighted by Crippen LogP contribution is 2.25. The van der Waals surface area contributed by atoms with Gasteiger partial charge in [-0.25, -0.2) is 4.79 Å². The Morgan fingerprint density at radius 2 is 1.72 bits per heavy atom. The third-order valence-corrected chi connectivity index (χ3v) is 4.56. The highest BCUT2D eigenvalue weighted by atomic mass is 16.6. The third kappa shape index (κ3) is 9.28.